The summed E-state index contributed by atoms with van der Waals surface area (Å²) in [5.41, 5.74) is 3.36. The minimum Gasteiger partial charge on any atom is -0.314 e. The van der Waals surface area contributed by atoms with Crippen LogP contribution in [0.4, 0.5) is 0 Å². The quantitative estimate of drug-likeness (QED) is 0.936. The number of nitrogens with zero attached hydrogens (tertiary/aromatic N) is 2. The van der Waals surface area contributed by atoms with Gasteiger partial charge in [-0.15, -0.1) is 0 Å². The Balaban J connectivity index is 2.38. The van der Waals surface area contributed by atoms with Crippen molar-refractivity contribution < 1.29 is 0 Å². The highest BCUT2D eigenvalue weighted by molar-refractivity contribution is 9.10. The van der Waals surface area contributed by atoms with Crippen LogP contribution >= 0.6 is 15.9 Å². The Kier molecular flexibility index (Phi) is 3.41. The molecule has 0 spiro atoms. The number of nitrogens with one attached hydrogen (secondary N) is 1. The summed E-state index contributed by atoms with van der Waals surface area (Å²) in [4.78, 5) is 0. The van der Waals surface area contributed by atoms with Gasteiger partial charge in [0.2, 0.25) is 0 Å². The van der Waals surface area contributed by atoms with Gasteiger partial charge in [0.25, 0.3) is 0 Å². The maximum Gasteiger partial charge on any atom is 0.0766 e. The first-order chi connectivity index (χ1) is 7.70. The molecule has 1 aromatic heterocycles. The van der Waals surface area contributed by atoms with E-state index in [9.17, 15) is 0 Å². The Morgan fingerprint density at radius 3 is 2.94 bits per heavy atom. The number of hydrogen-bond acceptors (Lipinski definition) is 2. The van der Waals surface area contributed by atoms with Crippen LogP contribution in [0, 0.1) is 6.92 Å². The molecule has 0 aliphatic rings. The third-order valence-electron chi connectivity index (χ3n) is 2.42. The molecule has 2 aromatic rings. The van der Waals surface area contributed by atoms with Crippen LogP contribution < -0.4 is 5.32 Å². The van der Waals surface area contributed by atoms with Crippen LogP contribution in [-0.4, -0.2) is 16.8 Å². The highest BCUT2D eigenvalue weighted by atomic mass is 79.9. The lowest BCUT2D eigenvalue weighted by molar-refractivity contribution is 0.755. The Morgan fingerprint density at radius 2 is 2.19 bits per heavy atom. The van der Waals surface area contributed by atoms with Crippen molar-refractivity contribution in [3.8, 4) is 5.69 Å². The second-order valence-corrected chi connectivity index (χ2v) is 4.63. The number of benzene rings is 1. The van der Waals surface area contributed by atoms with E-state index in [-0.39, 0.29) is 0 Å². The summed E-state index contributed by atoms with van der Waals surface area (Å²) in [5, 5.41) is 7.60. The van der Waals surface area contributed by atoms with Crippen molar-refractivity contribution >= 4 is 15.9 Å². The molecule has 0 amide bonds. The summed E-state index contributed by atoms with van der Waals surface area (Å²) in [6.07, 6.45) is 1.99. The third kappa shape index (κ3) is 2.33. The van der Waals surface area contributed by atoms with E-state index in [0.717, 1.165) is 22.4 Å². The maximum absolute atomic E-state index is 4.51. The molecule has 3 nitrogen and oxygen atoms in total. The third-order valence-corrected chi connectivity index (χ3v) is 2.91. The second-order valence-electron chi connectivity index (χ2n) is 3.71. The first-order valence-electron chi connectivity index (χ1n) is 5.16. The van der Waals surface area contributed by atoms with Crippen molar-refractivity contribution in [2.24, 2.45) is 0 Å². The molecule has 0 aliphatic heterocycles. The average Bonchev–Trinajstić information content (AvgIpc) is 2.71. The van der Waals surface area contributed by atoms with E-state index in [1.54, 1.807) is 0 Å². The Labute approximate surface area is 104 Å². The number of rotatable bonds is 3. The summed E-state index contributed by atoms with van der Waals surface area (Å²) < 4.78 is 2.98. The molecule has 0 atom stereocenters. The molecule has 0 fully saturated rings. The van der Waals surface area contributed by atoms with Crippen molar-refractivity contribution in [3.63, 3.8) is 0 Å². The molecule has 1 heterocycles. The smallest absolute Gasteiger partial charge is 0.0766 e. The molecule has 0 unspecified atom stereocenters. The zero-order valence-corrected chi connectivity index (χ0v) is 11.0. The molecule has 2 rings (SSSR count). The van der Waals surface area contributed by atoms with E-state index >= 15 is 0 Å². The van der Waals surface area contributed by atoms with Gasteiger partial charge in [0.1, 0.15) is 0 Å². The Hall–Kier alpha value is -1.13. The largest absolute Gasteiger partial charge is 0.314 e. The van der Waals surface area contributed by atoms with Gasteiger partial charge in [-0.25, -0.2) is 4.68 Å². The average molecular weight is 280 g/mol. The summed E-state index contributed by atoms with van der Waals surface area (Å²) in [7, 11) is 1.92. The molecule has 1 aromatic carbocycles. The molecule has 0 bridgehead atoms. The van der Waals surface area contributed by atoms with Crippen LogP contribution in [0.3, 0.4) is 0 Å². The summed E-state index contributed by atoms with van der Waals surface area (Å²) in [6, 6.07) is 8.22. The Morgan fingerprint density at radius 1 is 1.38 bits per heavy atom. The van der Waals surface area contributed by atoms with Crippen molar-refractivity contribution in [3.05, 3.63) is 46.2 Å². The standard InChI is InChI=1S/C12H14BrN3/c1-9-3-4-10(13)7-12(9)16-6-5-11(15-16)8-14-2/h3-7,14H,8H2,1-2H3. The van der Waals surface area contributed by atoms with Crippen LogP contribution in [0.25, 0.3) is 5.69 Å². The lowest BCUT2D eigenvalue weighted by Gasteiger charge is -2.06. The molecule has 84 valence electrons. The topological polar surface area (TPSA) is 29.9 Å². The monoisotopic (exact) mass is 279 g/mol. The number of aryl methyl sites for hydroxylation is 1. The predicted octanol–water partition coefficient (Wildman–Crippen LogP) is 2.66. The van der Waals surface area contributed by atoms with Crippen LogP contribution in [0.15, 0.2) is 34.9 Å². The van der Waals surface area contributed by atoms with E-state index in [1.165, 1.54) is 5.56 Å². The summed E-state index contributed by atoms with van der Waals surface area (Å²) in [6.45, 7) is 2.88. The van der Waals surface area contributed by atoms with Gasteiger partial charge in [-0.1, -0.05) is 22.0 Å². The van der Waals surface area contributed by atoms with Gasteiger partial charge < -0.3 is 5.32 Å². The number of hydrogen-bond donors (Lipinski definition) is 1. The van der Waals surface area contributed by atoms with Gasteiger partial charge in [-0.05, 0) is 37.7 Å². The van der Waals surface area contributed by atoms with Gasteiger partial charge in [0.15, 0.2) is 0 Å². The first kappa shape index (κ1) is 11.4. The minimum absolute atomic E-state index is 0.792. The van der Waals surface area contributed by atoms with Gasteiger partial charge in [0, 0.05) is 17.2 Å². The van der Waals surface area contributed by atoms with E-state index in [2.05, 4.69) is 45.4 Å². The molecule has 0 saturated carbocycles. The molecule has 0 aliphatic carbocycles. The van der Waals surface area contributed by atoms with E-state index in [1.807, 2.05) is 30.1 Å². The zero-order chi connectivity index (χ0) is 11.5. The first-order valence-corrected chi connectivity index (χ1v) is 5.95. The second kappa shape index (κ2) is 4.80. The maximum atomic E-state index is 4.51. The normalized spacial score (nSPS) is 10.7. The fourth-order valence-corrected chi connectivity index (χ4v) is 1.95. The molecular weight excluding hydrogens is 266 g/mol. The van der Waals surface area contributed by atoms with Crippen LogP contribution in [0.1, 0.15) is 11.3 Å². The number of halogens is 1. The number of aromatic nitrogens is 2. The highest BCUT2D eigenvalue weighted by Crippen LogP contribution is 2.19. The van der Waals surface area contributed by atoms with Crippen molar-refractivity contribution in [2.45, 2.75) is 13.5 Å². The van der Waals surface area contributed by atoms with Crippen LogP contribution in [0.5, 0.6) is 0 Å². The molecule has 4 heteroatoms. The minimum atomic E-state index is 0.792. The molecular formula is C12H14BrN3. The van der Waals surface area contributed by atoms with Crippen molar-refractivity contribution in [1.82, 2.24) is 15.1 Å². The lowest BCUT2D eigenvalue weighted by atomic mass is 10.2. The predicted molar refractivity (Wildman–Crippen MR) is 68.8 cm³/mol. The van der Waals surface area contributed by atoms with Gasteiger partial charge in [-0.2, -0.15) is 5.10 Å². The summed E-state index contributed by atoms with van der Waals surface area (Å²) >= 11 is 3.48. The fourth-order valence-electron chi connectivity index (χ4n) is 1.60. The highest BCUT2D eigenvalue weighted by Gasteiger charge is 2.04. The fraction of sp³-hybridized carbons (Fsp3) is 0.250. The SMILES string of the molecule is CNCc1ccn(-c2cc(Br)ccc2C)n1. The lowest BCUT2D eigenvalue weighted by Crippen LogP contribution is -2.06. The van der Waals surface area contributed by atoms with Crippen LogP contribution in [0.2, 0.25) is 0 Å². The molecule has 1 N–H and O–H groups in total. The Bertz CT molecular complexity index is 491. The summed E-state index contributed by atoms with van der Waals surface area (Å²) in [5.74, 6) is 0. The van der Waals surface area contributed by atoms with E-state index < -0.39 is 0 Å². The van der Waals surface area contributed by atoms with Gasteiger partial charge >= 0.3 is 0 Å². The van der Waals surface area contributed by atoms with E-state index in [0.29, 0.717) is 0 Å². The molecule has 0 radical (unpaired) electrons. The van der Waals surface area contributed by atoms with E-state index in [4.69, 9.17) is 0 Å². The van der Waals surface area contributed by atoms with Crippen LogP contribution in [-0.2, 0) is 6.54 Å². The van der Waals surface area contributed by atoms with Crippen molar-refractivity contribution in [2.75, 3.05) is 7.05 Å². The molecule has 0 saturated heterocycles. The molecule has 16 heavy (non-hydrogen) atoms. The zero-order valence-electron chi connectivity index (χ0n) is 9.37. The van der Waals surface area contributed by atoms with Gasteiger partial charge in [0.05, 0.1) is 11.4 Å². The van der Waals surface area contributed by atoms with Gasteiger partial charge in [-0.3, -0.25) is 0 Å². The van der Waals surface area contributed by atoms with Crippen molar-refractivity contribution in [1.29, 1.82) is 0 Å².